The maximum absolute atomic E-state index is 5.56. The van der Waals surface area contributed by atoms with Gasteiger partial charge in [-0.1, -0.05) is 35.3 Å². The number of halogens is 1. The van der Waals surface area contributed by atoms with Gasteiger partial charge < -0.3 is 9.09 Å². The van der Waals surface area contributed by atoms with E-state index in [1.807, 2.05) is 13.1 Å². The number of para-hydroxylation sites is 1. The van der Waals surface area contributed by atoms with Crippen molar-refractivity contribution < 1.29 is 4.52 Å². The first-order chi connectivity index (χ1) is 12.8. The third-order valence-electron chi connectivity index (χ3n) is 5.87. The zero-order valence-electron chi connectivity index (χ0n) is 15.6. The molecule has 2 aliphatic heterocycles. The van der Waals surface area contributed by atoms with Crippen LogP contribution in [0.4, 0.5) is 0 Å². The number of aromatic nitrogens is 3. The summed E-state index contributed by atoms with van der Waals surface area (Å²) < 4.78 is 7.66. The van der Waals surface area contributed by atoms with E-state index in [0.29, 0.717) is 17.8 Å². The molecule has 2 aromatic heterocycles. The van der Waals surface area contributed by atoms with Crippen LogP contribution in [0.25, 0.3) is 28.4 Å². The Bertz CT molecular complexity index is 974. The number of hydrogen-bond acceptors (Lipinski definition) is 4. The minimum absolute atomic E-state index is 0. The van der Waals surface area contributed by atoms with E-state index in [-0.39, 0.29) is 12.4 Å². The zero-order valence-corrected chi connectivity index (χ0v) is 16.4. The topological polar surface area (TPSA) is 47.1 Å². The highest BCUT2D eigenvalue weighted by molar-refractivity contribution is 5.94. The predicted molar refractivity (Wildman–Crippen MR) is 110 cm³/mol. The van der Waals surface area contributed by atoms with Crippen LogP contribution in [0.3, 0.4) is 0 Å². The number of hydrogen-bond donors (Lipinski definition) is 0. The van der Waals surface area contributed by atoms with Crippen molar-refractivity contribution in [1.82, 2.24) is 19.6 Å². The molecular weight excluding hydrogens is 360 g/mol. The van der Waals surface area contributed by atoms with E-state index in [1.165, 1.54) is 43.4 Å². The number of piperidine rings is 2. The smallest absolute Gasteiger partial charge is 0.250 e. The summed E-state index contributed by atoms with van der Waals surface area (Å²) in [5.74, 6) is 1.30. The summed E-state index contributed by atoms with van der Waals surface area (Å²) in [4.78, 5) is 7.31. The Morgan fingerprint density at radius 2 is 2.07 bits per heavy atom. The van der Waals surface area contributed by atoms with Gasteiger partial charge in [-0.2, -0.15) is 4.98 Å². The number of rotatable bonds is 2. The fourth-order valence-electron chi connectivity index (χ4n) is 4.51. The summed E-state index contributed by atoms with van der Waals surface area (Å²) in [6.45, 7) is 2.44. The van der Waals surface area contributed by atoms with E-state index in [4.69, 9.17) is 4.52 Å². The zero-order chi connectivity index (χ0) is 17.5. The molecule has 1 aromatic carbocycles. The van der Waals surface area contributed by atoms with Crippen molar-refractivity contribution >= 4 is 29.4 Å². The summed E-state index contributed by atoms with van der Waals surface area (Å²) in [6.07, 6.45) is 10.5. The first kappa shape index (κ1) is 18.3. The third kappa shape index (κ3) is 3.42. The predicted octanol–water partition coefficient (Wildman–Crippen LogP) is 4.68. The highest BCUT2D eigenvalue weighted by Crippen LogP contribution is 2.31. The van der Waals surface area contributed by atoms with Crippen LogP contribution in [0, 0.1) is 0 Å². The van der Waals surface area contributed by atoms with Gasteiger partial charge in [-0.05, 0) is 38.3 Å². The largest absolute Gasteiger partial charge is 0.350 e. The lowest BCUT2D eigenvalue weighted by Gasteiger charge is -2.40. The van der Waals surface area contributed by atoms with Crippen molar-refractivity contribution in [2.45, 2.75) is 38.1 Å². The van der Waals surface area contributed by atoms with Crippen LogP contribution >= 0.6 is 12.4 Å². The Balaban J connectivity index is 0.00000180. The lowest BCUT2D eigenvalue weighted by Crippen LogP contribution is -2.43. The molecule has 3 aromatic rings. The fourth-order valence-corrected chi connectivity index (χ4v) is 4.51. The fraction of sp³-hybridized carbons (Fsp3) is 0.429. The second-order valence-corrected chi connectivity index (χ2v) is 7.57. The molecular formula is C21H25ClN4O. The van der Waals surface area contributed by atoms with Crippen molar-refractivity contribution in [3.05, 3.63) is 41.9 Å². The molecule has 4 heterocycles. The van der Waals surface area contributed by atoms with Gasteiger partial charge in [0.1, 0.15) is 0 Å². The Morgan fingerprint density at radius 1 is 1.19 bits per heavy atom. The molecule has 2 aliphatic rings. The van der Waals surface area contributed by atoms with E-state index < -0.39 is 0 Å². The molecule has 6 heteroatoms. The number of aryl methyl sites for hydroxylation is 1. The molecule has 2 saturated heterocycles. The molecule has 27 heavy (non-hydrogen) atoms. The molecule has 0 aliphatic carbocycles. The number of fused-ring (bicyclic) bond motifs is 2. The van der Waals surface area contributed by atoms with Gasteiger partial charge in [0.05, 0.1) is 0 Å². The van der Waals surface area contributed by atoms with Crippen LogP contribution in [0.2, 0.25) is 0 Å². The van der Waals surface area contributed by atoms with Crippen LogP contribution in [-0.4, -0.2) is 38.7 Å². The molecule has 0 bridgehead atoms. The summed E-state index contributed by atoms with van der Waals surface area (Å²) in [7, 11) is 2.05. The second-order valence-electron chi connectivity index (χ2n) is 7.57. The molecule has 0 saturated carbocycles. The van der Waals surface area contributed by atoms with Crippen molar-refractivity contribution in [1.29, 1.82) is 0 Å². The maximum Gasteiger partial charge on any atom is 0.250 e. The molecule has 0 N–H and O–H groups in total. The summed E-state index contributed by atoms with van der Waals surface area (Å²) in [6, 6.07) is 9.03. The van der Waals surface area contributed by atoms with Crippen LogP contribution in [0.5, 0.6) is 0 Å². The summed E-state index contributed by atoms with van der Waals surface area (Å²) in [5, 5.41) is 5.40. The molecule has 1 atom stereocenters. The van der Waals surface area contributed by atoms with Gasteiger partial charge in [0, 0.05) is 48.4 Å². The SMILES string of the molecule is Cl.Cn1cc(-c2noc(/C=C3/CCN4CCCC[C@@H]4C3)n2)c2ccccc21. The van der Waals surface area contributed by atoms with Crippen molar-refractivity contribution in [2.75, 3.05) is 13.1 Å². The van der Waals surface area contributed by atoms with Gasteiger partial charge in [0.25, 0.3) is 5.89 Å². The first-order valence-corrected chi connectivity index (χ1v) is 9.59. The van der Waals surface area contributed by atoms with E-state index in [0.717, 1.165) is 23.8 Å². The average Bonchev–Trinajstić information content (AvgIpc) is 3.26. The molecule has 142 valence electrons. The lowest BCUT2D eigenvalue weighted by atomic mass is 9.90. The van der Waals surface area contributed by atoms with Crippen LogP contribution in [-0.2, 0) is 7.05 Å². The van der Waals surface area contributed by atoms with Crippen LogP contribution in [0.15, 0.2) is 40.6 Å². The second kappa shape index (κ2) is 7.49. The van der Waals surface area contributed by atoms with E-state index in [2.05, 4.69) is 50.1 Å². The Labute approximate surface area is 165 Å². The first-order valence-electron chi connectivity index (χ1n) is 9.59. The Kier molecular flexibility index (Phi) is 5.06. The standard InChI is InChI=1S/C21H24N4O.ClH/c1-24-14-18(17-7-2-3-8-19(17)24)21-22-20(26-23-21)13-15-9-11-25-10-5-4-6-16(25)12-15;/h2-3,7-8,13-14,16H,4-6,9-12H2,1H3;1H/b15-13-;/t16-;/m1./s1. The molecule has 2 fully saturated rings. The highest BCUT2D eigenvalue weighted by atomic mass is 35.5. The highest BCUT2D eigenvalue weighted by Gasteiger charge is 2.27. The molecule has 0 amide bonds. The van der Waals surface area contributed by atoms with E-state index in [9.17, 15) is 0 Å². The maximum atomic E-state index is 5.56. The minimum Gasteiger partial charge on any atom is -0.350 e. The van der Waals surface area contributed by atoms with Gasteiger partial charge in [0.15, 0.2) is 0 Å². The van der Waals surface area contributed by atoms with Crippen molar-refractivity contribution in [3.8, 4) is 11.4 Å². The summed E-state index contributed by atoms with van der Waals surface area (Å²) in [5.41, 5.74) is 3.65. The molecule has 5 rings (SSSR count). The van der Waals surface area contributed by atoms with Gasteiger partial charge in [0.2, 0.25) is 5.82 Å². The quantitative estimate of drug-likeness (QED) is 0.643. The lowest BCUT2D eigenvalue weighted by molar-refractivity contribution is 0.130. The monoisotopic (exact) mass is 384 g/mol. The van der Waals surface area contributed by atoms with Gasteiger partial charge in [-0.3, -0.25) is 4.90 Å². The van der Waals surface area contributed by atoms with Crippen LogP contribution < -0.4 is 0 Å². The minimum atomic E-state index is 0. The van der Waals surface area contributed by atoms with E-state index in [1.54, 1.807) is 0 Å². The van der Waals surface area contributed by atoms with Gasteiger partial charge in [-0.25, -0.2) is 0 Å². The molecule has 0 radical (unpaired) electrons. The molecule has 5 nitrogen and oxygen atoms in total. The number of benzene rings is 1. The Morgan fingerprint density at radius 3 is 3.00 bits per heavy atom. The van der Waals surface area contributed by atoms with Gasteiger partial charge in [-0.15, -0.1) is 12.4 Å². The average molecular weight is 385 g/mol. The van der Waals surface area contributed by atoms with Crippen molar-refractivity contribution in [3.63, 3.8) is 0 Å². The Hall–Kier alpha value is -2.11. The van der Waals surface area contributed by atoms with E-state index >= 15 is 0 Å². The normalized spacial score (nSPS) is 22.0. The molecule has 0 spiro atoms. The van der Waals surface area contributed by atoms with Crippen molar-refractivity contribution in [2.24, 2.45) is 7.05 Å². The van der Waals surface area contributed by atoms with Gasteiger partial charge >= 0.3 is 0 Å². The number of nitrogens with zero attached hydrogens (tertiary/aromatic N) is 4. The summed E-state index contributed by atoms with van der Waals surface area (Å²) >= 11 is 0. The molecule has 0 unspecified atom stereocenters. The van der Waals surface area contributed by atoms with Crippen LogP contribution in [0.1, 0.15) is 38.0 Å². The third-order valence-corrected chi connectivity index (χ3v) is 5.87.